The van der Waals surface area contributed by atoms with Crippen molar-refractivity contribution in [3.8, 4) is 5.75 Å². The first-order chi connectivity index (χ1) is 8.96. The van der Waals surface area contributed by atoms with E-state index in [2.05, 4.69) is 9.46 Å². The second-order valence-corrected chi connectivity index (χ2v) is 5.31. The summed E-state index contributed by atoms with van der Waals surface area (Å²) in [5.74, 6) is -0.433. The van der Waals surface area contributed by atoms with Crippen molar-refractivity contribution in [3.63, 3.8) is 0 Å². The van der Waals surface area contributed by atoms with Gasteiger partial charge in [0, 0.05) is 13.1 Å². The molecule has 1 aromatic rings. The number of halogens is 1. The van der Waals surface area contributed by atoms with E-state index in [1.807, 2.05) is 0 Å². The van der Waals surface area contributed by atoms with Gasteiger partial charge in [0.2, 0.25) is 10.0 Å². The lowest BCUT2D eigenvalue weighted by atomic mass is 10.2. The first-order valence-corrected chi connectivity index (χ1v) is 6.90. The van der Waals surface area contributed by atoms with E-state index in [1.54, 1.807) is 0 Å². The SMILES string of the molecule is COC(=O)c1cc(S(=O)(=O)NCCN)ccc1OC.Cl. The van der Waals surface area contributed by atoms with Crippen molar-refractivity contribution < 1.29 is 22.7 Å². The molecule has 0 amide bonds. The zero-order chi connectivity index (χ0) is 14.5. The van der Waals surface area contributed by atoms with Crippen LogP contribution in [0.4, 0.5) is 0 Å². The fourth-order valence-corrected chi connectivity index (χ4v) is 2.47. The van der Waals surface area contributed by atoms with Crippen molar-refractivity contribution in [2.75, 3.05) is 27.3 Å². The number of esters is 1. The van der Waals surface area contributed by atoms with Gasteiger partial charge in [0.05, 0.1) is 19.1 Å². The highest BCUT2D eigenvalue weighted by molar-refractivity contribution is 7.89. The van der Waals surface area contributed by atoms with E-state index in [0.717, 1.165) is 0 Å². The van der Waals surface area contributed by atoms with Crippen molar-refractivity contribution in [2.45, 2.75) is 4.90 Å². The van der Waals surface area contributed by atoms with Gasteiger partial charge in [-0.15, -0.1) is 12.4 Å². The largest absolute Gasteiger partial charge is 0.496 e. The lowest BCUT2D eigenvalue weighted by Crippen LogP contribution is -2.29. The molecule has 1 aromatic carbocycles. The summed E-state index contributed by atoms with van der Waals surface area (Å²) in [6, 6.07) is 3.93. The number of hydrogen-bond acceptors (Lipinski definition) is 6. The molecule has 0 aliphatic carbocycles. The topological polar surface area (TPSA) is 108 Å². The fourth-order valence-electron chi connectivity index (χ4n) is 1.40. The van der Waals surface area contributed by atoms with Gasteiger partial charge in [-0.25, -0.2) is 17.9 Å². The Morgan fingerprint density at radius 2 is 2.00 bits per heavy atom. The van der Waals surface area contributed by atoms with Crippen LogP contribution in [0.5, 0.6) is 5.75 Å². The smallest absolute Gasteiger partial charge is 0.341 e. The molecule has 0 bridgehead atoms. The summed E-state index contributed by atoms with van der Waals surface area (Å²) >= 11 is 0. The number of hydrogen-bond donors (Lipinski definition) is 2. The summed E-state index contributed by atoms with van der Waals surface area (Å²) in [5.41, 5.74) is 5.28. The highest BCUT2D eigenvalue weighted by atomic mass is 35.5. The number of methoxy groups -OCH3 is 2. The van der Waals surface area contributed by atoms with Gasteiger partial charge in [-0.3, -0.25) is 0 Å². The van der Waals surface area contributed by atoms with Gasteiger partial charge in [0.1, 0.15) is 11.3 Å². The van der Waals surface area contributed by atoms with Gasteiger partial charge < -0.3 is 15.2 Å². The predicted molar refractivity (Wildman–Crippen MR) is 75.8 cm³/mol. The molecule has 0 saturated carbocycles. The minimum Gasteiger partial charge on any atom is -0.496 e. The minimum atomic E-state index is -3.70. The van der Waals surface area contributed by atoms with Crippen molar-refractivity contribution in [2.24, 2.45) is 5.73 Å². The van der Waals surface area contributed by atoms with Gasteiger partial charge in [-0.1, -0.05) is 0 Å². The van der Waals surface area contributed by atoms with Crippen LogP contribution in [0.3, 0.4) is 0 Å². The third-order valence-corrected chi connectivity index (χ3v) is 3.78. The first kappa shape index (κ1) is 18.7. The van der Waals surface area contributed by atoms with Crippen LogP contribution in [0, 0.1) is 0 Å². The number of nitrogens with two attached hydrogens (primary N) is 1. The van der Waals surface area contributed by atoms with E-state index in [4.69, 9.17) is 10.5 Å². The normalized spacial score (nSPS) is 10.6. The molecule has 1 rings (SSSR count). The third kappa shape index (κ3) is 4.34. The molecule has 3 N–H and O–H groups in total. The van der Waals surface area contributed by atoms with Crippen LogP contribution in [0.15, 0.2) is 23.1 Å². The summed E-state index contributed by atoms with van der Waals surface area (Å²) in [4.78, 5) is 11.5. The maximum absolute atomic E-state index is 11.9. The number of sulfonamides is 1. The molecule has 0 fully saturated rings. The standard InChI is InChI=1S/C11H16N2O5S.ClH/c1-17-10-4-3-8(7-9(10)11(14)18-2)19(15,16)13-6-5-12;/h3-4,7,13H,5-6,12H2,1-2H3;1H. The molecule has 0 unspecified atom stereocenters. The zero-order valence-corrected chi connectivity index (χ0v) is 12.7. The molecule has 9 heteroatoms. The molecule has 20 heavy (non-hydrogen) atoms. The monoisotopic (exact) mass is 324 g/mol. The van der Waals surface area contributed by atoms with Crippen LogP contribution in [0.2, 0.25) is 0 Å². The van der Waals surface area contributed by atoms with Gasteiger partial charge in [0.25, 0.3) is 0 Å². The molecule has 0 atom stereocenters. The molecule has 0 radical (unpaired) electrons. The van der Waals surface area contributed by atoms with Crippen molar-refractivity contribution in [1.29, 1.82) is 0 Å². The number of ether oxygens (including phenoxy) is 2. The van der Waals surface area contributed by atoms with Crippen molar-refractivity contribution in [1.82, 2.24) is 4.72 Å². The molecule has 0 heterocycles. The average Bonchev–Trinajstić information content (AvgIpc) is 2.43. The first-order valence-electron chi connectivity index (χ1n) is 5.42. The number of rotatable bonds is 6. The van der Waals surface area contributed by atoms with Gasteiger partial charge >= 0.3 is 5.97 Å². The van der Waals surface area contributed by atoms with Crippen molar-refractivity contribution in [3.05, 3.63) is 23.8 Å². The fraction of sp³-hybridized carbons (Fsp3) is 0.364. The van der Waals surface area contributed by atoms with E-state index in [1.165, 1.54) is 32.4 Å². The second kappa shape index (κ2) is 8.05. The van der Waals surface area contributed by atoms with E-state index in [-0.39, 0.29) is 41.7 Å². The highest BCUT2D eigenvalue weighted by Gasteiger charge is 2.19. The Morgan fingerprint density at radius 1 is 1.35 bits per heavy atom. The van der Waals surface area contributed by atoms with Gasteiger partial charge in [-0.05, 0) is 18.2 Å². The van der Waals surface area contributed by atoms with Gasteiger partial charge in [-0.2, -0.15) is 0 Å². The van der Waals surface area contributed by atoms with E-state index < -0.39 is 16.0 Å². The van der Waals surface area contributed by atoms with Crippen LogP contribution in [-0.2, 0) is 14.8 Å². The minimum absolute atomic E-state index is 0. The maximum Gasteiger partial charge on any atom is 0.341 e. The molecule has 0 aromatic heterocycles. The quantitative estimate of drug-likeness (QED) is 0.721. The van der Waals surface area contributed by atoms with Crippen molar-refractivity contribution >= 4 is 28.4 Å². The van der Waals surface area contributed by atoms with Crippen LogP contribution in [0.25, 0.3) is 0 Å². The second-order valence-electron chi connectivity index (χ2n) is 3.54. The van der Waals surface area contributed by atoms with Gasteiger partial charge in [0.15, 0.2) is 0 Å². The van der Waals surface area contributed by atoms with Crippen LogP contribution < -0.4 is 15.2 Å². The maximum atomic E-state index is 11.9. The molecule has 0 aliphatic rings. The Kier molecular flexibility index (Phi) is 7.51. The molecule has 114 valence electrons. The summed E-state index contributed by atoms with van der Waals surface area (Å²) in [6.45, 7) is 0.293. The molecular formula is C11H17ClN2O5S. The summed E-state index contributed by atoms with van der Waals surface area (Å²) in [6.07, 6.45) is 0. The van der Waals surface area contributed by atoms with E-state index >= 15 is 0 Å². The molecule has 0 aliphatic heterocycles. The van der Waals surface area contributed by atoms with Crippen LogP contribution >= 0.6 is 12.4 Å². The third-order valence-electron chi connectivity index (χ3n) is 2.32. The van der Waals surface area contributed by atoms with E-state index in [9.17, 15) is 13.2 Å². The molecular weight excluding hydrogens is 308 g/mol. The van der Waals surface area contributed by atoms with Crippen LogP contribution in [-0.4, -0.2) is 41.7 Å². The molecule has 0 saturated heterocycles. The average molecular weight is 325 g/mol. The lowest BCUT2D eigenvalue weighted by Gasteiger charge is -2.10. The summed E-state index contributed by atoms with van der Waals surface area (Å²) in [7, 11) is -1.12. The predicted octanol–water partition coefficient (Wildman–Crippen LogP) is 0.141. The number of carbonyl (C=O) groups excluding carboxylic acids is 1. The Balaban J connectivity index is 0.00000361. The zero-order valence-electron chi connectivity index (χ0n) is 11.1. The molecule has 7 nitrogen and oxygen atoms in total. The number of nitrogens with one attached hydrogen (secondary N) is 1. The Morgan fingerprint density at radius 3 is 2.50 bits per heavy atom. The Hall–Kier alpha value is -1.35. The summed E-state index contributed by atoms with van der Waals surface area (Å²) < 4.78 is 35.6. The number of benzene rings is 1. The number of carbonyl (C=O) groups is 1. The Bertz CT molecular complexity index is 562. The lowest BCUT2D eigenvalue weighted by molar-refractivity contribution is 0.0597. The Labute approximate surface area is 123 Å². The van der Waals surface area contributed by atoms with E-state index in [0.29, 0.717) is 0 Å². The summed E-state index contributed by atoms with van der Waals surface area (Å²) in [5, 5.41) is 0. The highest BCUT2D eigenvalue weighted by Crippen LogP contribution is 2.23. The molecule has 0 spiro atoms. The van der Waals surface area contributed by atoms with Crippen LogP contribution in [0.1, 0.15) is 10.4 Å².